The van der Waals surface area contributed by atoms with Gasteiger partial charge in [0, 0.05) is 30.2 Å². The molecule has 0 aliphatic heterocycles. The van der Waals surface area contributed by atoms with Gasteiger partial charge < -0.3 is 9.32 Å². The summed E-state index contributed by atoms with van der Waals surface area (Å²) in [6, 6.07) is 5.90. The van der Waals surface area contributed by atoms with Crippen molar-refractivity contribution in [3.05, 3.63) is 47.7 Å². The second-order valence-corrected chi connectivity index (χ2v) is 4.29. The van der Waals surface area contributed by atoms with Gasteiger partial charge in [-0.15, -0.1) is 11.6 Å². The maximum Gasteiger partial charge on any atom is 0.123 e. The standard InChI is InChI=1S/C13H15ClN2O/c1-10-6-13(11(7-14)8-15-10)16(2)9-12-4-3-5-17-12/h3-6,8H,7,9H2,1-2H3. The molecule has 0 unspecified atom stereocenters. The molecular formula is C13H15ClN2O. The molecule has 0 aliphatic rings. The van der Waals surface area contributed by atoms with Crippen LogP contribution < -0.4 is 4.90 Å². The Hall–Kier alpha value is -1.48. The lowest BCUT2D eigenvalue weighted by Crippen LogP contribution is -2.17. The van der Waals surface area contributed by atoms with Gasteiger partial charge in [0.1, 0.15) is 5.76 Å². The maximum absolute atomic E-state index is 5.92. The van der Waals surface area contributed by atoms with Gasteiger partial charge in [0.2, 0.25) is 0 Å². The third-order valence-electron chi connectivity index (χ3n) is 2.63. The molecule has 0 saturated carbocycles. The Morgan fingerprint density at radius 2 is 2.29 bits per heavy atom. The van der Waals surface area contributed by atoms with Gasteiger partial charge in [-0.05, 0) is 25.1 Å². The smallest absolute Gasteiger partial charge is 0.123 e. The van der Waals surface area contributed by atoms with Crippen LogP contribution in [-0.2, 0) is 12.4 Å². The Morgan fingerprint density at radius 3 is 2.94 bits per heavy atom. The molecule has 90 valence electrons. The number of pyridine rings is 1. The number of anilines is 1. The molecule has 4 heteroatoms. The van der Waals surface area contributed by atoms with Crippen LogP contribution in [0.2, 0.25) is 0 Å². The Morgan fingerprint density at radius 1 is 1.47 bits per heavy atom. The molecule has 2 rings (SSSR count). The van der Waals surface area contributed by atoms with Gasteiger partial charge in [0.15, 0.2) is 0 Å². The van der Waals surface area contributed by atoms with Crippen molar-refractivity contribution in [3.8, 4) is 0 Å². The molecule has 0 radical (unpaired) electrons. The first-order valence-corrected chi connectivity index (χ1v) is 5.99. The summed E-state index contributed by atoms with van der Waals surface area (Å²) in [5.74, 6) is 1.40. The summed E-state index contributed by atoms with van der Waals surface area (Å²) in [6.07, 6.45) is 3.51. The molecule has 0 aromatic carbocycles. The molecule has 3 nitrogen and oxygen atoms in total. The van der Waals surface area contributed by atoms with E-state index in [1.54, 1.807) is 6.26 Å². The molecule has 0 fully saturated rings. The Kier molecular flexibility index (Phi) is 3.69. The fourth-order valence-corrected chi connectivity index (χ4v) is 1.96. The van der Waals surface area contributed by atoms with E-state index in [-0.39, 0.29) is 0 Å². The van der Waals surface area contributed by atoms with Crippen LogP contribution in [0.1, 0.15) is 17.0 Å². The predicted molar refractivity (Wildman–Crippen MR) is 69.3 cm³/mol. The number of hydrogen-bond acceptors (Lipinski definition) is 3. The highest BCUT2D eigenvalue weighted by Crippen LogP contribution is 2.23. The third-order valence-corrected chi connectivity index (χ3v) is 2.91. The average molecular weight is 251 g/mol. The first-order chi connectivity index (χ1) is 8.20. The molecule has 0 spiro atoms. The van der Waals surface area contributed by atoms with Crippen molar-refractivity contribution in [1.29, 1.82) is 0 Å². The van der Waals surface area contributed by atoms with E-state index >= 15 is 0 Å². The molecule has 17 heavy (non-hydrogen) atoms. The number of alkyl halides is 1. The predicted octanol–water partition coefficient (Wildman–Crippen LogP) is 3.36. The van der Waals surface area contributed by atoms with Gasteiger partial charge in [-0.3, -0.25) is 4.98 Å². The van der Waals surface area contributed by atoms with Crippen LogP contribution in [0.4, 0.5) is 5.69 Å². The van der Waals surface area contributed by atoms with E-state index in [1.807, 2.05) is 38.4 Å². The van der Waals surface area contributed by atoms with Crippen LogP contribution in [-0.4, -0.2) is 12.0 Å². The van der Waals surface area contributed by atoms with E-state index in [2.05, 4.69) is 9.88 Å². The molecule has 0 aliphatic carbocycles. The normalized spacial score (nSPS) is 10.5. The zero-order valence-corrected chi connectivity index (χ0v) is 10.7. The lowest BCUT2D eigenvalue weighted by atomic mass is 10.2. The molecule has 0 saturated heterocycles. The number of nitrogens with zero attached hydrogens (tertiary/aromatic N) is 2. The van der Waals surface area contributed by atoms with Crippen LogP contribution in [0.3, 0.4) is 0 Å². The average Bonchev–Trinajstić information content (AvgIpc) is 2.81. The minimum Gasteiger partial charge on any atom is -0.467 e. The topological polar surface area (TPSA) is 29.3 Å². The number of rotatable bonds is 4. The largest absolute Gasteiger partial charge is 0.467 e. The molecule has 0 amide bonds. The van der Waals surface area contributed by atoms with E-state index in [0.29, 0.717) is 5.88 Å². The SMILES string of the molecule is Cc1cc(N(C)Cc2ccco2)c(CCl)cn1. The third kappa shape index (κ3) is 2.80. The summed E-state index contributed by atoms with van der Waals surface area (Å²) < 4.78 is 5.34. The van der Waals surface area contributed by atoms with E-state index < -0.39 is 0 Å². The zero-order valence-electron chi connectivity index (χ0n) is 9.98. The lowest BCUT2D eigenvalue weighted by molar-refractivity contribution is 0.507. The minimum atomic E-state index is 0.463. The van der Waals surface area contributed by atoms with Gasteiger partial charge >= 0.3 is 0 Å². The summed E-state index contributed by atoms with van der Waals surface area (Å²) in [5, 5.41) is 0. The highest BCUT2D eigenvalue weighted by Gasteiger charge is 2.09. The molecular weight excluding hydrogens is 236 g/mol. The van der Waals surface area contributed by atoms with Crippen molar-refractivity contribution < 1.29 is 4.42 Å². The monoisotopic (exact) mass is 250 g/mol. The van der Waals surface area contributed by atoms with Gasteiger partial charge in [0.05, 0.1) is 18.7 Å². The molecule has 0 atom stereocenters. The number of halogens is 1. The van der Waals surface area contributed by atoms with Crippen molar-refractivity contribution in [2.24, 2.45) is 0 Å². The van der Waals surface area contributed by atoms with Crippen LogP contribution in [0.25, 0.3) is 0 Å². The summed E-state index contributed by atoms with van der Waals surface area (Å²) in [4.78, 5) is 6.37. The molecule has 2 aromatic heterocycles. The first kappa shape index (κ1) is 12.0. The summed E-state index contributed by atoms with van der Waals surface area (Å²) in [5.41, 5.74) is 3.12. The number of hydrogen-bond donors (Lipinski definition) is 0. The Bertz CT molecular complexity index is 482. The summed E-state index contributed by atoms with van der Waals surface area (Å²) >= 11 is 5.92. The first-order valence-electron chi connectivity index (χ1n) is 5.45. The van der Waals surface area contributed by atoms with Crippen LogP contribution >= 0.6 is 11.6 Å². The Balaban J connectivity index is 2.23. The van der Waals surface area contributed by atoms with Crippen molar-refractivity contribution >= 4 is 17.3 Å². The Labute approximate surface area is 106 Å². The van der Waals surface area contributed by atoms with E-state index in [9.17, 15) is 0 Å². The molecule has 0 bridgehead atoms. The highest BCUT2D eigenvalue weighted by molar-refractivity contribution is 6.17. The minimum absolute atomic E-state index is 0.463. The lowest BCUT2D eigenvalue weighted by Gasteiger charge is -2.21. The van der Waals surface area contributed by atoms with Gasteiger partial charge in [-0.2, -0.15) is 0 Å². The van der Waals surface area contributed by atoms with Crippen LogP contribution in [0.5, 0.6) is 0 Å². The van der Waals surface area contributed by atoms with Gasteiger partial charge in [-0.25, -0.2) is 0 Å². The quantitative estimate of drug-likeness (QED) is 0.780. The second kappa shape index (κ2) is 5.23. The molecule has 2 aromatic rings. The summed E-state index contributed by atoms with van der Waals surface area (Å²) in [6.45, 7) is 2.70. The van der Waals surface area contributed by atoms with E-state index in [1.165, 1.54) is 0 Å². The van der Waals surface area contributed by atoms with Gasteiger partial charge in [-0.1, -0.05) is 0 Å². The van der Waals surface area contributed by atoms with E-state index in [4.69, 9.17) is 16.0 Å². The number of aromatic nitrogens is 1. The second-order valence-electron chi connectivity index (χ2n) is 4.02. The van der Waals surface area contributed by atoms with Crippen molar-refractivity contribution in [1.82, 2.24) is 4.98 Å². The molecule has 2 heterocycles. The zero-order chi connectivity index (χ0) is 12.3. The fraction of sp³-hybridized carbons (Fsp3) is 0.308. The van der Waals surface area contributed by atoms with Crippen molar-refractivity contribution in [3.63, 3.8) is 0 Å². The maximum atomic E-state index is 5.92. The number of aryl methyl sites for hydroxylation is 1. The van der Waals surface area contributed by atoms with Crippen LogP contribution in [0.15, 0.2) is 35.1 Å². The highest BCUT2D eigenvalue weighted by atomic mass is 35.5. The van der Waals surface area contributed by atoms with Crippen molar-refractivity contribution in [2.45, 2.75) is 19.3 Å². The van der Waals surface area contributed by atoms with Crippen molar-refractivity contribution in [2.75, 3.05) is 11.9 Å². The summed E-state index contributed by atoms with van der Waals surface area (Å²) in [7, 11) is 2.02. The fourth-order valence-electron chi connectivity index (χ4n) is 1.75. The molecule has 0 N–H and O–H groups in total. The van der Waals surface area contributed by atoms with E-state index in [0.717, 1.165) is 29.2 Å². The van der Waals surface area contributed by atoms with Gasteiger partial charge in [0.25, 0.3) is 0 Å². The number of furan rings is 1. The van der Waals surface area contributed by atoms with Crippen LogP contribution in [0, 0.1) is 6.92 Å².